The van der Waals surface area contributed by atoms with Crippen LogP contribution in [0.3, 0.4) is 0 Å². The summed E-state index contributed by atoms with van der Waals surface area (Å²) in [5, 5.41) is 9.26. The fourth-order valence-electron chi connectivity index (χ4n) is 3.77. The first kappa shape index (κ1) is 20.2. The molecule has 0 radical (unpaired) electrons. The number of nitrogens with one attached hydrogen (secondary N) is 2. The van der Waals surface area contributed by atoms with Gasteiger partial charge in [-0.2, -0.15) is 0 Å². The van der Waals surface area contributed by atoms with Gasteiger partial charge in [-0.1, -0.05) is 38.3 Å². The van der Waals surface area contributed by atoms with Crippen LogP contribution in [0.5, 0.6) is 0 Å². The molecule has 2 N–H and O–H groups in total. The highest BCUT2D eigenvalue weighted by molar-refractivity contribution is 6.01. The van der Waals surface area contributed by atoms with Gasteiger partial charge < -0.3 is 14.7 Å². The van der Waals surface area contributed by atoms with E-state index < -0.39 is 6.03 Å². The minimum atomic E-state index is -0.436. The van der Waals surface area contributed by atoms with Crippen molar-refractivity contribution >= 4 is 23.2 Å². The van der Waals surface area contributed by atoms with Gasteiger partial charge in [0.05, 0.1) is 11.4 Å². The van der Waals surface area contributed by atoms with Crippen LogP contribution in [-0.2, 0) is 0 Å². The number of aryl methyl sites for hydroxylation is 1. The quantitative estimate of drug-likeness (QED) is 0.679. The molecule has 0 unspecified atom stereocenters. The van der Waals surface area contributed by atoms with E-state index in [9.17, 15) is 9.18 Å². The third-order valence-corrected chi connectivity index (χ3v) is 4.96. The average molecular weight is 388 g/mol. The molecule has 0 saturated heterocycles. The summed E-state index contributed by atoms with van der Waals surface area (Å²) in [7, 11) is 0. The van der Waals surface area contributed by atoms with Crippen LogP contribution in [0.15, 0.2) is 28.8 Å². The Bertz CT molecular complexity index is 799. The van der Waals surface area contributed by atoms with Gasteiger partial charge in [0.15, 0.2) is 5.82 Å². The minimum Gasteiger partial charge on any atom is -0.367 e. The zero-order chi connectivity index (χ0) is 20.1. The van der Waals surface area contributed by atoms with Crippen LogP contribution >= 0.6 is 0 Å². The van der Waals surface area contributed by atoms with Crippen LogP contribution in [0.4, 0.5) is 26.4 Å². The van der Waals surface area contributed by atoms with Gasteiger partial charge in [0.2, 0.25) is 0 Å². The zero-order valence-corrected chi connectivity index (χ0v) is 16.8. The van der Waals surface area contributed by atoms with Crippen molar-refractivity contribution in [2.45, 2.75) is 58.9 Å². The number of urea groups is 1. The van der Waals surface area contributed by atoms with Crippen molar-refractivity contribution in [3.8, 4) is 0 Å². The Morgan fingerprint density at radius 1 is 1.25 bits per heavy atom. The SMILES string of the molecule is Cc1cc(NC(=O)Nc2ccc(F)cc2N(CC(C)C)C2CCCCC2)no1. The molecule has 0 atom stereocenters. The number of carbonyl (C=O) groups is 1. The van der Waals surface area contributed by atoms with Gasteiger partial charge in [0, 0.05) is 18.7 Å². The largest absolute Gasteiger partial charge is 0.367 e. The molecule has 1 aromatic heterocycles. The maximum Gasteiger partial charge on any atom is 0.325 e. The number of rotatable bonds is 6. The van der Waals surface area contributed by atoms with E-state index in [2.05, 4.69) is 34.5 Å². The number of aromatic nitrogens is 1. The molecular formula is C21H29FN4O2. The topological polar surface area (TPSA) is 70.4 Å². The Morgan fingerprint density at radius 2 is 2.00 bits per heavy atom. The monoisotopic (exact) mass is 388 g/mol. The summed E-state index contributed by atoms with van der Waals surface area (Å²) in [6.07, 6.45) is 5.80. The van der Waals surface area contributed by atoms with E-state index in [0.29, 0.717) is 29.2 Å². The summed E-state index contributed by atoms with van der Waals surface area (Å²) < 4.78 is 19.1. The van der Waals surface area contributed by atoms with Crippen molar-refractivity contribution in [1.82, 2.24) is 5.16 Å². The number of halogens is 1. The molecule has 1 fully saturated rings. The van der Waals surface area contributed by atoms with Crippen molar-refractivity contribution in [2.24, 2.45) is 5.92 Å². The lowest BCUT2D eigenvalue weighted by Gasteiger charge is -2.38. The van der Waals surface area contributed by atoms with Crippen LogP contribution in [0.25, 0.3) is 0 Å². The predicted molar refractivity (Wildman–Crippen MR) is 109 cm³/mol. The molecule has 0 spiro atoms. The fourth-order valence-corrected chi connectivity index (χ4v) is 3.77. The van der Waals surface area contributed by atoms with Crippen LogP contribution in [0, 0.1) is 18.7 Å². The highest BCUT2D eigenvalue weighted by Gasteiger charge is 2.25. The van der Waals surface area contributed by atoms with Crippen LogP contribution in [-0.4, -0.2) is 23.8 Å². The summed E-state index contributed by atoms with van der Waals surface area (Å²) >= 11 is 0. The van der Waals surface area contributed by atoms with E-state index in [4.69, 9.17) is 4.52 Å². The standard InChI is InChI=1S/C21H29FN4O2/c1-14(2)13-26(17-7-5-4-6-8-17)19-12-16(22)9-10-18(19)23-21(27)24-20-11-15(3)28-25-20/h9-12,14,17H,4-8,13H2,1-3H3,(H2,23,24,25,27). The van der Waals surface area contributed by atoms with E-state index in [-0.39, 0.29) is 5.82 Å². The Kier molecular flexibility index (Phi) is 6.54. The van der Waals surface area contributed by atoms with Gasteiger partial charge in [-0.3, -0.25) is 5.32 Å². The maximum atomic E-state index is 14.1. The average Bonchev–Trinajstić information content (AvgIpc) is 3.06. The molecule has 28 heavy (non-hydrogen) atoms. The van der Waals surface area contributed by atoms with Gasteiger partial charge in [-0.25, -0.2) is 9.18 Å². The Hall–Kier alpha value is -2.57. The van der Waals surface area contributed by atoms with Crippen molar-refractivity contribution in [3.63, 3.8) is 0 Å². The smallest absolute Gasteiger partial charge is 0.325 e. The molecule has 1 saturated carbocycles. The van der Waals surface area contributed by atoms with Gasteiger partial charge in [-0.05, 0) is 43.9 Å². The lowest BCUT2D eigenvalue weighted by Crippen LogP contribution is -2.40. The van der Waals surface area contributed by atoms with E-state index in [1.807, 2.05) is 0 Å². The molecule has 1 heterocycles. The minimum absolute atomic E-state index is 0.308. The summed E-state index contributed by atoms with van der Waals surface area (Å²) in [6, 6.07) is 6.07. The molecule has 0 bridgehead atoms. The second kappa shape index (κ2) is 9.08. The van der Waals surface area contributed by atoms with Crippen LogP contribution < -0.4 is 15.5 Å². The predicted octanol–water partition coefficient (Wildman–Crippen LogP) is 5.56. The van der Waals surface area contributed by atoms with Crippen LogP contribution in [0.1, 0.15) is 51.7 Å². The maximum absolute atomic E-state index is 14.1. The third kappa shape index (κ3) is 5.24. The summed E-state index contributed by atoms with van der Waals surface area (Å²) in [5.41, 5.74) is 1.32. The fraction of sp³-hybridized carbons (Fsp3) is 0.524. The summed E-state index contributed by atoms with van der Waals surface area (Å²) in [5.74, 6) is 1.06. The van der Waals surface area contributed by atoms with E-state index in [1.165, 1.54) is 31.4 Å². The Labute approximate surface area is 165 Å². The number of amides is 2. The number of hydrogen-bond donors (Lipinski definition) is 2. The Morgan fingerprint density at radius 3 is 2.64 bits per heavy atom. The first-order chi connectivity index (χ1) is 13.4. The van der Waals surface area contributed by atoms with Crippen molar-refractivity contribution in [2.75, 3.05) is 22.1 Å². The normalized spacial score (nSPS) is 14.9. The van der Waals surface area contributed by atoms with E-state index in [0.717, 1.165) is 25.1 Å². The molecule has 1 aliphatic rings. The first-order valence-electron chi connectivity index (χ1n) is 10.00. The number of nitrogens with zero attached hydrogens (tertiary/aromatic N) is 2. The molecule has 7 heteroatoms. The molecule has 152 valence electrons. The molecular weight excluding hydrogens is 359 g/mol. The van der Waals surface area contributed by atoms with Crippen molar-refractivity contribution in [3.05, 3.63) is 35.8 Å². The second-order valence-corrected chi connectivity index (χ2v) is 7.90. The molecule has 2 amide bonds. The van der Waals surface area contributed by atoms with E-state index >= 15 is 0 Å². The van der Waals surface area contributed by atoms with Gasteiger partial charge >= 0.3 is 6.03 Å². The number of hydrogen-bond acceptors (Lipinski definition) is 4. The lowest BCUT2D eigenvalue weighted by molar-refractivity contribution is 0.262. The molecule has 2 aromatic rings. The number of benzene rings is 1. The summed E-state index contributed by atoms with van der Waals surface area (Å²) in [4.78, 5) is 14.7. The van der Waals surface area contributed by atoms with Crippen LogP contribution in [0.2, 0.25) is 0 Å². The molecule has 3 rings (SSSR count). The van der Waals surface area contributed by atoms with E-state index in [1.54, 1.807) is 19.1 Å². The Balaban J connectivity index is 1.83. The van der Waals surface area contributed by atoms with Gasteiger partial charge in [0.1, 0.15) is 11.6 Å². The molecule has 0 aliphatic heterocycles. The first-order valence-corrected chi connectivity index (χ1v) is 10.00. The molecule has 1 aromatic carbocycles. The highest BCUT2D eigenvalue weighted by atomic mass is 19.1. The number of anilines is 3. The van der Waals surface area contributed by atoms with Gasteiger partial charge in [0.25, 0.3) is 0 Å². The van der Waals surface area contributed by atoms with Gasteiger partial charge in [-0.15, -0.1) is 0 Å². The molecule has 1 aliphatic carbocycles. The van der Waals surface area contributed by atoms with Crippen molar-refractivity contribution < 1.29 is 13.7 Å². The number of carbonyl (C=O) groups excluding carboxylic acids is 1. The lowest BCUT2D eigenvalue weighted by atomic mass is 9.93. The zero-order valence-electron chi connectivity index (χ0n) is 16.8. The third-order valence-electron chi connectivity index (χ3n) is 4.96. The highest BCUT2D eigenvalue weighted by Crippen LogP contribution is 2.34. The summed E-state index contributed by atoms with van der Waals surface area (Å²) in [6.45, 7) is 6.87. The van der Waals surface area contributed by atoms with Crippen molar-refractivity contribution in [1.29, 1.82) is 0 Å². The molecule has 6 nitrogen and oxygen atoms in total. The second-order valence-electron chi connectivity index (χ2n) is 7.90.